The summed E-state index contributed by atoms with van der Waals surface area (Å²) in [7, 11) is 0. The van der Waals surface area contributed by atoms with Crippen molar-refractivity contribution in [3.63, 3.8) is 0 Å². The second kappa shape index (κ2) is 5.88. The molecule has 0 saturated carbocycles. The second-order valence-electron chi connectivity index (χ2n) is 2.46. The summed E-state index contributed by atoms with van der Waals surface area (Å²) >= 11 is 0. The monoisotopic (exact) mass is 181 g/mol. The molecule has 0 rings (SSSR count). The Morgan fingerprint density at radius 3 is 2.58 bits per heavy atom. The maximum absolute atomic E-state index is 11.7. The Bertz CT molecular complexity index is 141. The summed E-state index contributed by atoms with van der Waals surface area (Å²) in [4.78, 5) is 10.7. The van der Waals surface area contributed by atoms with Crippen molar-refractivity contribution < 1.29 is 18.7 Å². The van der Waals surface area contributed by atoms with E-state index < -0.39 is 12.5 Å². The Morgan fingerprint density at radius 2 is 2.17 bits per heavy atom. The average Bonchev–Trinajstić information content (AvgIpc) is 2.00. The molecule has 0 aliphatic rings. The van der Waals surface area contributed by atoms with Crippen molar-refractivity contribution in [1.82, 2.24) is 5.32 Å². The van der Waals surface area contributed by atoms with Crippen molar-refractivity contribution in [2.75, 3.05) is 6.54 Å². The fourth-order valence-electron chi connectivity index (χ4n) is 0.623. The molecule has 0 aliphatic heterocycles. The highest BCUT2D eigenvalue weighted by Gasteiger charge is 2.16. The highest BCUT2D eigenvalue weighted by molar-refractivity contribution is 5.75. The van der Waals surface area contributed by atoms with Crippen LogP contribution in [0.25, 0.3) is 0 Å². The van der Waals surface area contributed by atoms with Gasteiger partial charge in [-0.25, -0.2) is 8.78 Å². The summed E-state index contributed by atoms with van der Waals surface area (Å²) in [5.41, 5.74) is 0. The molecule has 3 nitrogen and oxygen atoms in total. The number of rotatable bonds is 5. The van der Waals surface area contributed by atoms with Crippen LogP contribution in [0.1, 0.15) is 19.8 Å². The fraction of sp³-hybridized carbons (Fsp3) is 0.857. The van der Waals surface area contributed by atoms with E-state index in [1.54, 1.807) is 0 Å². The molecule has 1 atom stereocenters. The van der Waals surface area contributed by atoms with Gasteiger partial charge in [0.25, 0.3) is 6.43 Å². The van der Waals surface area contributed by atoms with Gasteiger partial charge in [-0.1, -0.05) is 6.92 Å². The van der Waals surface area contributed by atoms with Gasteiger partial charge in [-0.15, -0.1) is 0 Å². The van der Waals surface area contributed by atoms with Crippen LogP contribution in [0.3, 0.4) is 0 Å². The second-order valence-corrected chi connectivity index (χ2v) is 2.46. The minimum Gasteiger partial charge on any atom is -0.385 e. The Kier molecular flexibility index (Phi) is 5.53. The van der Waals surface area contributed by atoms with Gasteiger partial charge in [0.05, 0.1) is 0 Å². The minimum atomic E-state index is -2.80. The van der Waals surface area contributed by atoms with Crippen LogP contribution in [0.15, 0.2) is 0 Å². The van der Waals surface area contributed by atoms with Crippen LogP contribution in [-0.2, 0) is 4.79 Å². The summed E-state index contributed by atoms with van der Waals surface area (Å²) in [5.74, 6) is -0.308. The third kappa shape index (κ3) is 5.01. The number of carbonyl (C=O) groups excluding carboxylic acids is 1. The predicted octanol–water partition coefficient (Wildman–Crippen LogP) is 0.529. The van der Waals surface area contributed by atoms with Crippen molar-refractivity contribution in [3.8, 4) is 0 Å². The number of hydrogen-bond donors (Lipinski definition) is 2. The molecule has 1 unspecified atom stereocenters. The molecule has 5 heteroatoms. The zero-order valence-corrected chi connectivity index (χ0v) is 6.89. The van der Waals surface area contributed by atoms with Gasteiger partial charge in [-0.05, 0) is 6.42 Å². The maximum Gasteiger partial charge on any atom is 0.265 e. The molecule has 0 fully saturated rings. The lowest BCUT2D eigenvalue weighted by atomic mass is 10.3. The summed E-state index contributed by atoms with van der Waals surface area (Å²) in [6.07, 6.45) is -3.59. The summed E-state index contributed by atoms with van der Waals surface area (Å²) < 4.78 is 23.3. The molecule has 0 bridgehead atoms. The molecule has 0 heterocycles. The number of aliphatic hydroxyl groups excluding tert-OH is 1. The Balaban J connectivity index is 3.47. The van der Waals surface area contributed by atoms with Crippen LogP contribution in [-0.4, -0.2) is 30.1 Å². The lowest BCUT2D eigenvalue weighted by Gasteiger charge is -2.09. The topological polar surface area (TPSA) is 49.3 Å². The van der Waals surface area contributed by atoms with E-state index in [-0.39, 0.29) is 12.5 Å². The predicted molar refractivity (Wildman–Crippen MR) is 39.9 cm³/mol. The van der Waals surface area contributed by atoms with Crippen LogP contribution in [0, 0.1) is 0 Å². The van der Waals surface area contributed by atoms with E-state index in [9.17, 15) is 13.6 Å². The molecular weight excluding hydrogens is 168 g/mol. The third-order valence-corrected chi connectivity index (χ3v) is 1.28. The fourth-order valence-corrected chi connectivity index (χ4v) is 0.623. The number of carbonyl (C=O) groups is 1. The molecule has 12 heavy (non-hydrogen) atoms. The van der Waals surface area contributed by atoms with Crippen molar-refractivity contribution in [3.05, 3.63) is 0 Å². The van der Waals surface area contributed by atoms with E-state index in [2.05, 4.69) is 5.32 Å². The van der Waals surface area contributed by atoms with Crippen molar-refractivity contribution in [2.24, 2.45) is 0 Å². The van der Waals surface area contributed by atoms with E-state index >= 15 is 0 Å². The number of amides is 1. The number of nitrogens with one attached hydrogen (secondary N) is 1. The lowest BCUT2D eigenvalue weighted by molar-refractivity contribution is -0.122. The summed E-state index contributed by atoms with van der Waals surface area (Å²) in [6.45, 7) is 1.43. The maximum atomic E-state index is 11.7. The normalized spacial score (nSPS) is 13.1. The number of halogens is 2. The first kappa shape index (κ1) is 11.3. The van der Waals surface area contributed by atoms with Gasteiger partial charge >= 0.3 is 0 Å². The van der Waals surface area contributed by atoms with Crippen LogP contribution in [0.4, 0.5) is 8.78 Å². The van der Waals surface area contributed by atoms with Gasteiger partial charge in [0, 0.05) is 13.0 Å². The van der Waals surface area contributed by atoms with Crippen LogP contribution < -0.4 is 5.32 Å². The van der Waals surface area contributed by atoms with E-state index in [4.69, 9.17) is 5.11 Å². The zero-order valence-electron chi connectivity index (χ0n) is 6.89. The largest absolute Gasteiger partial charge is 0.385 e. The molecule has 0 spiro atoms. The van der Waals surface area contributed by atoms with Gasteiger partial charge in [0.15, 0.2) is 0 Å². The molecular formula is C7H13F2NO2. The van der Waals surface area contributed by atoms with E-state index in [1.165, 1.54) is 0 Å². The zero-order chi connectivity index (χ0) is 9.56. The Labute approximate surface area is 69.8 Å². The molecule has 0 aromatic rings. The van der Waals surface area contributed by atoms with Crippen molar-refractivity contribution in [1.29, 1.82) is 0 Å². The van der Waals surface area contributed by atoms with Gasteiger partial charge in [-0.2, -0.15) is 0 Å². The van der Waals surface area contributed by atoms with Crippen molar-refractivity contribution in [2.45, 2.75) is 32.3 Å². The average molecular weight is 181 g/mol. The number of aliphatic hydroxyl groups is 1. The van der Waals surface area contributed by atoms with Gasteiger partial charge in [0.1, 0.15) is 6.10 Å². The Hall–Kier alpha value is -0.710. The van der Waals surface area contributed by atoms with Crippen LogP contribution in [0.5, 0.6) is 0 Å². The number of hydrogen-bond acceptors (Lipinski definition) is 2. The first-order valence-corrected chi connectivity index (χ1v) is 3.80. The van der Waals surface area contributed by atoms with Crippen LogP contribution >= 0.6 is 0 Å². The van der Waals surface area contributed by atoms with E-state index in [1.807, 2.05) is 6.92 Å². The summed E-state index contributed by atoms with van der Waals surface area (Å²) in [5, 5.41) is 10.8. The Morgan fingerprint density at radius 1 is 1.58 bits per heavy atom. The SMILES string of the molecule is CCCC(=O)NCC(O)C(F)F. The first-order valence-electron chi connectivity index (χ1n) is 3.80. The van der Waals surface area contributed by atoms with Gasteiger partial charge < -0.3 is 10.4 Å². The molecule has 0 aromatic heterocycles. The summed E-state index contributed by atoms with van der Waals surface area (Å²) in [6, 6.07) is 0. The molecule has 0 aromatic carbocycles. The van der Waals surface area contributed by atoms with Gasteiger partial charge in [0.2, 0.25) is 5.91 Å². The highest BCUT2D eigenvalue weighted by Crippen LogP contribution is 1.98. The molecule has 1 amide bonds. The minimum absolute atomic E-state index is 0.302. The molecule has 0 aliphatic carbocycles. The molecule has 0 radical (unpaired) electrons. The van der Waals surface area contributed by atoms with Crippen LogP contribution in [0.2, 0.25) is 0 Å². The molecule has 0 saturated heterocycles. The third-order valence-electron chi connectivity index (χ3n) is 1.28. The van der Waals surface area contributed by atoms with Gasteiger partial charge in [-0.3, -0.25) is 4.79 Å². The lowest BCUT2D eigenvalue weighted by Crippen LogP contribution is -2.35. The number of alkyl halides is 2. The molecule has 2 N–H and O–H groups in total. The smallest absolute Gasteiger partial charge is 0.265 e. The standard InChI is InChI=1S/C7H13F2NO2/c1-2-3-6(12)10-4-5(11)7(8)9/h5,7,11H,2-4H2,1H3,(H,10,12). The van der Waals surface area contributed by atoms with Crippen molar-refractivity contribution >= 4 is 5.91 Å². The quantitative estimate of drug-likeness (QED) is 0.650. The first-order chi connectivity index (χ1) is 5.57. The van der Waals surface area contributed by atoms with E-state index in [0.717, 1.165) is 0 Å². The van der Waals surface area contributed by atoms with E-state index in [0.29, 0.717) is 12.8 Å². The molecule has 72 valence electrons. The highest BCUT2D eigenvalue weighted by atomic mass is 19.3.